The van der Waals surface area contributed by atoms with E-state index in [1.54, 1.807) is 0 Å². The van der Waals surface area contributed by atoms with Crippen LogP contribution in [0, 0.1) is 0 Å². The highest BCUT2D eigenvalue weighted by Crippen LogP contribution is 2.17. The number of nitrogens with zero attached hydrogens (tertiary/aromatic N) is 1. The molecule has 0 radical (unpaired) electrons. The van der Waals surface area contributed by atoms with Crippen LogP contribution >= 0.6 is 17.0 Å². The van der Waals surface area contributed by atoms with Crippen molar-refractivity contribution in [2.45, 2.75) is 37.8 Å². The predicted octanol–water partition coefficient (Wildman–Crippen LogP) is 2.64. The molecule has 2 unspecified atom stereocenters. The van der Waals surface area contributed by atoms with Crippen LogP contribution in [0.2, 0.25) is 0 Å². The van der Waals surface area contributed by atoms with Crippen LogP contribution in [0.15, 0.2) is 77.8 Å². The molecule has 3 aromatic carbocycles. The Hall–Kier alpha value is -3.23. The maximum atomic E-state index is 13.2. The van der Waals surface area contributed by atoms with Crippen LogP contribution in [0.1, 0.15) is 24.0 Å². The van der Waals surface area contributed by atoms with Gasteiger partial charge in [-0.25, -0.2) is 0 Å². The van der Waals surface area contributed by atoms with E-state index >= 15 is 0 Å². The number of nitrogens with one attached hydrogen (secondary N) is 1. The number of hydrogen-bond acceptors (Lipinski definition) is 4. The van der Waals surface area contributed by atoms with Crippen molar-refractivity contribution >= 4 is 45.4 Å². The molecule has 2 atom stereocenters. The first-order valence-corrected chi connectivity index (χ1v) is 11.1. The molecule has 180 valence electrons. The fraction of sp³-hybridized carbons (Fsp3) is 0.269. The molecule has 0 aromatic heterocycles. The predicted molar refractivity (Wildman–Crippen MR) is 143 cm³/mol. The van der Waals surface area contributed by atoms with E-state index in [9.17, 15) is 9.59 Å². The van der Waals surface area contributed by atoms with E-state index in [1.165, 1.54) is 0 Å². The zero-order valence-corrected chi connectivity index (χ0v) is 20.7. The van der Waals surface area contributed by atoms with Crippen molar-refractivity contribution in [3.8, 4) is 0 Å². The molecule has 0 heterocycles. The molecule has 0 saturated heterocycles. The van der Waals surface area contributed by atoms with Gasteiger partial charge < -0.3 is 22.5 Å². The summed E-state index contributed by atoms with van der Waals surface area (Å²) in [5.41, 5.74) is 18.8. The SMILES string of the molecule is Br.NC(N)=NCCCC(NC(=O)C(N)Cc1ccccc1)C(=O)Cc1ccc2ccccc2c1. The first-order valence-electron chi connectivity index (χ1n) is 11.1. The van der Waals surface area contributed by atoms with Gasteiger partial charge in [0.2, 0.25) is 5.91 Å². The van der Waals surface area contributed by atoms with E-state index in [2.05, 4.69) is 10.3 Å². The van der Waals surface area contributed by atoms with Gasteiger partial charge in [-0.05, 0) is 41.2 Å². The second-order valence-electron chi connectivity index (χ2n) is 8.13. The number of nitrogens with two attached hydrogens (primary N) is 3. The molecule has 7 N–H and O–H groups in total. The minimum absolute atomic E-state index is 0. The highest BCUT2D eigenvalue weighted by Gasteiger charge is 2.24. The molecule has 0 saturated carbocycles. The molecule has 0 bridgehead atoms. The number of fused-ring (bicyclic) bond motifs is 1. The van der Waals surface area contributed by atoms with E-state index in [1.807, 2.05) is 72.8 Å². The van der Waals surface area contributed by atoms with Gasteiger partial charge >= 0.3 is 0 Å². The largest absolute Gasteiger partial charge is 0.370 e. The summed E-state index contributed by atoms with van der Waals surface area (Å²) in [5.74, 6) is -0.421. The van der Waals surface area contributed by atoms with Crippen molar-refractivity contribution < 1.29 is 9.59 Å². The fourth-order valence-electron chi connectivity index (χ4n) is 3.73. The summed E-state index contributed by atoms with van der Waals surface area (Å²) in [4.78, 5) is 29.9. The summed E-state index contributed by atoms with van der Waals surface area (Å²) in [6, 6.07) is 22.1. The number of carbonyl (C=O) groups is 2. The number of benzene rings is 3. The number of halogens is 1. The van der Waals surface area contributed by atoms with Crippen molar-refractivity contribution in [3.63, 3.8) is 0 Å². The summed E-state index contributed by atoms with van der Waals surface area (Å²) in [6.45, 7) is 0.383. The molecule has 1 amide bonds. The minimum atomic E-state index is -0.749. The fourth-order valence-corrected chi connectivity index (χ4v) is 3.73. The van der Waals surface area contributed by atoms with Crippen molar-refractivity contribution in [2.24, 2.45) is 22.2 Å². The molecule has 34 heavy (non-hydrogen) atoms. The summed E-state index contributed by atoms with van der Waals surface area (Å²) in [6.07, 6.45) is 1.59. The van der Waals surface area contributed by atoms with Crippen molar-refractivity contribution in [2.75, 3.05) is 6.54 Å². The zero-order chi connectivity index (χ0) is 23.6. The Kier molecular flexibility index (Phi) is 10.7. The van der Waals surface area contributed by atoms with Crippen molar-refractivity contribution in [3.05, 3.63) is 83.9 Å². The summed E-state index contributed by atoms with van der Waals surface area (Å²) in [5, 5.41) is 5.04. The molecule has 0 aliphatic carbocycles. The van der Waals surface area contributed by atoms with E-state index in [4.69, 9.17) is 17.2 Å². The number of guanidine groups is 1. The smallest absolute Gasteiger partial charge is 0.237 e. The molecule has 7 nitrogen and oxygen atoms in total. The van der Waals surface area contributed by atoms with Gasteiger partial charge in [-0.15, -0.1) is 17.0 Å². The summed E-state index contributed by atoms with van der Waals surface area (Å²) in [7, 11) is 0. The van der Waals surface area contributed by atoms with E-state index in [-0.39, 0.29) is 41.1 Å². The Morgan fingerprint density at radius 3 is 2.26 bits per heavy atom. The van der Waals surface area contributed by atoms with E-state index in [0.29, 0.717) is 25.8 Å². The van der Waals surface area contributed by atoms with Crippen LogP contribution < -0.4 is 22.5 Å². The Morgan fingerprint density at radius 2 is 1.56 bits per heavy atom. The molecule has 3 aromatic rings. The maximum Gasteiger partial charge on any atom is 0.237 e. The normalized spacial score (nSPS) is 12.3. The first-order chi connectivity index (χ1) is 15.9. The highest BCUT2D eigenvalue weighted by molar-refractivity contribution is 8.93. The Morgan fingerprint density at radius 1 is 0.882 bits per heavy atom. The van der Waals surface area contributed by atoms with Crippen LogP contribution in [0.5, 0.6) is 0 Å². The molecule has 0 fully saturated rings. The second kappa shape index (κ2) is 13.5. The van der Waals surface area contributed by atoms with Gasteiger partial charge in [0.1, 0.15) is 0 Å². The number of amides is 1. The average Bonchev–Trinajstić information content (AvgIpc) is 2.81. The van der Waals surface area contributed by atoms with Gasteiger partial charge in [-0.2, -0.15) is 0 Å². The van der Waals surface area contributed by atoms with Gasteiger partial charge in [0.05, 0.1) is 12.1 Å². The third-order valence-electron chi connectivity index (χ3n) is 5.48. The topological polar surface area (TPSA) is 137 Å². The molecule has 0 spiro atoms. The van der Waals surface area contributed by atoms with Gasteiger partial charge in [0, 0.05) is 13.0 Å². The van der Waals surface area contributed by atoms with E-state index in [0.717, 1.165) is 21.9 Å². The van der Waals surface area contributed by atoms with Crippen LogP contribution in [0.25, 0.3) is 10.8 Å². The molecule has 3 rings (SSSR count). The van der Waals surface area contributed by atoms with Crippen LogP contribution in [0.3, 0.4) is 0 Å². The lowest BCUT2D eigenvalue weighted by Crippen LogP contribution is -2.49. The number of aliphatic imine (C=N–C) groups is 1. The quantitative estimate of drug-likeness (QED) is 0.173. The lowest BCUT2D eigenvalue weighted by atomic mass is 9.97. The van der Waals surface area contributed by atoms with Crippen LogP contribution in [-0.4, -0.2) is 36.3 Å². The van der Waals surface area contributed by atoms with Gasteiger partial charge in [0.15, 0.2) is 11.7 Å². The first kappa shape index (κ1) is 27.0. The molecular weight excluding hydrogens is 494 g/mol. The van der Waals surface area contributed by atoms with Gasteiger partial charge in [0.25, 0.3) is 0 Å². The van der Waals surface area contributed by atoms with Crippen molar-refractivity contribution in [1.29, 1.82) is 0 Å². The lowest BCUT2D eigenvalue weighted by Gasteiger charge is -2.20. The third-order valence-corrected chi connectivity index (χ3v) is 5.48. The highest BCUT2D eigenvalue weighted by atomic mass is 79.9. The molecule has 8 heteroatoms. The molecule has 0 aliphatic heterocycles. The lowest BCUT2D eigenvalue weighted by molar-refractivity contribution is -0.128. The van der Waals surface area contributed by atoms with Crippen molar-refractivity contribution in [1.82, 2.24) is 5.32 Å². The van der Waals surface area contributed by atoms with Crippen LogP contribution in [0.4, 0.5) is 0 Å². The maximum absolute atomic E-state index is 13.2. The summed E-state index contributed by atoms with van der Waals surface area (Å²) < 4.78 is 0. The standard InChI is InChI=1S/C26H31N5O2.BrH/c27-22(16-18-7-2-1-3-8-18)25(33)31-23(11-6-14-30-26(28)29)24(32)17-19-12-13-20-9-4-5-10-21(20)15-19;/h1-5,7-10,12-13,15,22-23H,6,11,14,16-17,27H2,(H,31,33)(H4,28,29,30);1H. The third kappa shape index (κ3) is 8.28. The second-order valence-corrected chi connectivity index (χ2v) is 8.13. The number of rotatable bonds is 11. The number of ketones is 1. The zero-order valence-electron chi connectivity index (χ0n) is 19.0. The average molecular weight is 526 g/mol. The Balaban J connectivity index is 0.00000408. The number of carbonyl (C=O) groups excluding carboxylic acids is 2. The number of hydrogen-bond donors (Lipinski definition) is 4. The van der Waals surface area contributed by atoms with E-state index < -0.39 is 12.1 Å². The summed E-state index contributed by atoms with van der Waals surface area (Å²) >= 11 is 0. The van der Waals surface area contributed by atoms with Gasteiger partial charge in [-0.3, -0.25) is 14.6 Å². The van der Waals surface area contributed by atoms with Crippen LogP contribution in [-0.2, 0) is 22.4 Å². The molecular formula is C26H32BrN5O2. The number of Topliss-reactive ketones (excluding diaryl/α,β-unsaturated/α-hetero) is 1. The Bertz CT molecular complexity index is 1120. The monoisotopic (exact) mass is 525 g/mol. The minimum Gasteiger partial charge on any atom is -0.370 e. The Labute approximate surface area is 210 Å². The molecule has 0 aliphatic rings. The van der Waals surface area contributed by atoms with Gasteiger partial charge in [-0.1, -0.05) is 72.8 Å².